The van der Waals surface area contributed by atoms with Gasteiger partial charge in [-0.2, -0.15) is 0 Å². The molecule has 1 aliphatic rings. The fourth-order valence-corrected chi connectivity index (χ4v) is 3.80. The van der Waals surface area contributed by atoms with Crippen molar-refractivity contribution in [2.45, 2.75) is 37.6 Å². The van der Waals surface area contributed by atoms with Crippen LogP contribution in [0.25, 0.3) is 5.57 Å². The molecule has 0 aromatic heterocycles. The lowest BCUT2D eigenvalue weighted by Gasteiger charge is -2.28. The lowest BCUT2D eigenvalue weighted by molar-refractivity contribution is -0.104. The Labute approximate surface area is 166 Å². The molecular weight excluding hydrogens is 361 g/mol. The summed E-state index contributed by atoms with van der Waals surface area (Å²) in [6.45, 7) is 4.86. The summed E-state index contributed by atoms with van der Waals surface area (Å²) in [5, 5.41) is 4.49. The molecule has 0 atom stereocenters. The van der Waals surface area contributed by atoms with Gasteiger partial charge in [-0.3, -0.25) is 4.79 Å². The maximum absolute atomic E-state index is 13.3. The second kappa shape index (κ2) is 10.5. The molecule has 0 amide bonds. The van der Waals surface area contributed by atoms with Crippen molar-refractivity contribution in [3.05, 3.63) is 41.6 Å². The predicted octanol–water partition coefficient (Wildman–Crippen LogP) is 4.61. The highest BCUT2D eigenvalue weighted by atomic mass is 32.2. The topological polar surface area (TPSA) is 35.6 Å². The van der Waals surface area contributed by atoms with Gasteiger partial charge in [0.15, 0.2) is 0 Å². The molecule has 0 bridgehead atoms. The van der Waals surface area contributed by atoms with E-state index in [1.165, 1.54) is 4.90 Å². The minimum Gasteiger partial charge on any atom is -0.383 e. The molecule has 27 heavy (non-hydrogen) atoms. The van der Waals surface area contributed by atoms with Gasteiger partial charge in [-0.1, -0.05) is 6.92 Å². The number of aldehydes is 1. The smallest absolute Gasteiger partial charge is 0.145 e. The predicted molar refractivity (Wildman–Crippen MR) is 114 cm³/mol. The first-order chi connectivity index (χ1) is 12.9. The van der Waals surface area contributed by atoms with E-state index in [-0.39, 0.29) is 6.04 Å². The Hall–Kier alpha value is -1.79. The maximum atomic E-state index is 13.3. The zero-order valence-electron chi connectivity index (χ0n) is 16.7. The minimum absolute atomic E-state index is 0.247. The van der Waals surface area contributed by atoms with Crippen molar-refractivity contribution >= 4 is 29.3 Å². The molecular formula is C21H30FN3OS. The van der Waals surface area contributed by atoms with Crippen molar-refractivity contribution < 1.29 is 9.28 Å². The number of carbonyl (C=O) groups is 1. The SMILES string of the molecule is CCSc1ccc(NC2CCN(F)CC2)c(C(/C=C(/C)C=O)=C/N(C)C)c1. The molecule has 1 aromatic carbocycles. The number of carbonyl (C=O) groups excluding carboxylic acids is 1. The molecule has 1 aromatic rings. The molecule has 0 aliphatic carbocycles. The Balaban J connectivity index is 2.42. The van der Waals surface area contributed by atoms with Crippen LogP contribution in [0, 0.1) is 0 Å². The number of hydrogen-bond donors (Lipinski definition) is 1. The van der Waals surface area contributed by atoms with E-state index in [4.69, 9.17) is 0 Å². The molecule has 1 heterocycles. The number of rotatable bonds is 8. The average Bonchev–Trinajstić information content (AvgIpc) is 2.64. The van der Waals surface area contributed by atoms with E-state index in [2.05, 4.69) is 30.4 Å². The van der Waals surface area contributed by atoms with Crippen molar-refractivity contribution in [2.75, 3.05) is 38.3 Å². The summed E-state index contributed by atoms with van der Waals surface area (Å²) in [6.07, 6.45) is 6.36. The van der Waals surface area contributed by atoms with E-state index >= 15 is 0 Å². The molecule has 0 spiro atoms. The Kier molecular flexibility index (Phi) is 8.38. The molecule has 148 valence electrons. The Morgan fingerprint density at radius 1 is 1.37 bits per heavy atom. The van der Waals surface area contributed by atoms with E-state index in [1.54, 1.807) is 11.8 Å². The first-order valence-electron chi connectivity index (χ1n) is 9.39. The third-order valence-corrected chi connectivity index (χ3v) is 5.26. The van der Waals surface area contributed by atoms with Gasteiger partial charge in [-0.25, -0.2) is 0 Å². The third kappa shape index (κ3) is 6.70. The zero-order valence-corrected chi connectivity index (χ0v) is 17.5. The highest BCUT2D eigenvalue weighted by Crippen LogP contribution is 2.32. The number of anilines is 1. The molecule has 0 saturated carbocycles. The van der Waals surface area contributed by atoms with Gasteiger partial charge in [-0.05, 0) is 60.9 Å². The molecule has 6 heteroatoms. The van der Waals surface area contributed by atoms with Crippen molar-refractivity contribution in [3.8, 4) is 0 Å². The van der Waals surface area contributed by atoms with Crippen LogP contribution in [-0.2, 0) is 4.79 Å². The van der Waals surface area contributed by atoms with Gasteiger partial charge in [0.1, 0.15) is 6.29 Å². The van der Waals surface area contributed by atoms with Gasteiger partial charge < -0.3 is 10.2 Å². The number of hydrogen-bond acceptors (Lipinski definition) is 5. The van der Waals surface area contributed by atoms with E-state index < -0.39 is 0 Å². The summed E-state index contributed by atoms with van der Waals surface area (Å²) in [5.41, 5.74) is 3.74. The molecule has 1 N–H and O–H groups in total. The van der Waals surface area contributed by atoms with Crippen molar-refractivity contribution in [1.29, 1.82) is 0 Å². The van der Waals surface area contributed by atoms with E-state index in [0.717, 1.165) is 46.8 Å². The third-order valence-electron chi connectivity index (χ3n) is 4.38. The first-order valence-corrected chi connectivity index (χ1v) is 10.4. The van der Waals surface area contributed by atoms with Crippen LogP contribution < -0.4 is 5.32 Å². The summed E-state index contributed by atoms with van der Waals surface area (Å²) in [4.78, 5) is 14.4. The lowest BCUT2D eigenvalue weighted by Crippen LogP contribution is -2.35. The normalized spacial score (nSPS) is 17.1. The van der Waals surface area contributed by atoms with Crippen LogP contribution in [0.1, 0.15) is 32.3 Å². The molecule has 0 unspecified atom stereocenters. The monoisotopic (exact) mass is 391 g/mol. The quantitative estimate of drug-likeness (QED) is 0.230. The standard InChI is InChI=1S/C21H30FN3OS/c1-5-27-19-6-7-21(23-18-8-10-25(22)11-9-18)20(13-19)17(14-24(3)4)12-16(2)15-26/h6-7,12-15,18,23H,5,8-11H2,1-4H3/b16-12-,17-14+. The number of nitrogens with one attached hydrogen (secondary N) is 1. The van der Waals surface area contributed by atoms with E-state index in [9.17, 15) is 9.28 Å². The maximum Gasteiger partial charge on any atom is 0.145 e. The number of halogens is 1. The van der Waals surface area contributed by atoms with Crippen LogP contribution in [0.2, 0.25) is 0 Å². The van der Waals surface area contributed by atoms with Gasteiger partial charge in [0.05, 0.1) is 0 Å². The second-order valence-corrected chi connectivity index (χ2v) is 8.36. The molecule has 1 saturated heterocycles. The number of thioether (sulfide) groups is 1. The van der Waals surface area contributed by atoms with Crippen LogP contribution in [-0.4, -0.2) is 55.3 Å². The van der Waals surface area contributed by atoms with Gasteiger partial charge in [0, 0.05) is 55.6 Å². The number of allylic oxidation sites excluding steroid dienone is 3. The molecule has 0 radical (unpaired) electrons. The van der Waals surface area contributed by atoms with Gasteiger partial charge in [-0.15, -0.1) is 21.4 Å². The minimum atomic E-state index is 0.247. The van der Waals surface area contributed by atoms with Crippen molar-refractivity contribution in [1.82, 2.24) is 10.0 Å². The fraction of sp³-hybridized carbons (Fsp3) is 0.476. The second-order valence-electron chi connectivity index (χ2n) is 7.02. The molecule has 1 fully saturated rings. The Morgan fingerprint density at radius 2 is 2.07 bits per heavy atom. The number of piperidine rings is 1. The average molecular weight is 392 g/mol. The summed E-state index contributed by atoms with van der Waals surface area (Å²) in [7, 11) is 3.94. The summed E-state index contributed by atoms with van der Waals surface area (Å²) in [5.74, 6) is 0.997. The highest BCUT2D eigenvalue weighted by Gasteiger charge is 2.20. The molecule has 1 aliphatic heterocycles. The Morgan fingerprint density at radius 3 is 2.67 bits per heavy atom. The van der Waals surface area contributed by atoms with Crippen LogP contribution >= 0.6 is 11.8 Å². The highest BCUT2D eigenvalue weighted by molar-refractivity contribution is 7.99. The zero-order chi connectivity index (χ0) is 19.8. The summed E-state index contributed by atoms with van der Waals surface area (Å²) >= 11 is 1.79. The first kappa shape index (κ1) is 21.5. The molecule has 4 nitrogen and oxygen atoms in total. The van der Waals surface area contributed by atoms with Crippen LogP contribution in [0.4, 0.5) is 10.2 Å². The Bertz CT molecular complexity index is 695. The van der Waals surface area contributed by atoms with Crippen LogP contribution in [0.15, 0.2) is 40.9 Å². The summed E-state index contributed by atoms with van der Waals surface area (Å²) < 4.78 is 13.3. The number of benzene rings is 1. The van der Waals surface area contributed by atoms with Crippen molar-refractivity contribution in [2.24, 2.45) is 0 Å². The fourth-order valence-electron chi connectivity index (χ4n) is 3.10. The van der Waals surface area contributed by atoms with E-state index in [0.29, 0.717) is 18.7 Å². The summed E-state index contributed by atoms with van der Waals surface area (Å²) in [6, 6.07) is 6.64. The lowest BCUT2D eigenvalue weighted by atomic mass is 10.00. The number of nitrogens with zero attached hydrogens (tertiary/aromatic N) is 2. The van der Waals surface area contributed by atoms with Crippen LogP contribution in [0.5, 0.6) is 0 Å². The van der Waals surface area contributed by atoms with E-state index in [1.807, 2.05) is 38.2 Å². The van der Waals surface area contributed by atoms with Crippen molar-refractivity contribution in [3.63, 3.8) is 0 Å². The van der Waals surface area contributed by atoms with Gasteiger partial charge in [0.25, 0.3) is 0 Å². The largest absolute Gasteiger partial charge is 0.383 e. The van der Waals surface area contributed by atoms with Gasteiger partial charge >= 0.3 is 0 Å². The van der Waals surface area contributed by atoms with Gasteiger partial charge in [0.2, 0.25) is 0 Å². The van der Waals surface area contributed by atoms with Crippen LogP contribution in [0.3, 0.4) is 0 Å². The molecule has 2 rings (SSSR count).